The second-order valence-corrected chi connectivity index (χ2v) is 6.28. The van der Waals surface area contributed by atoms with Gasteiger partial charge in [-0.25, -0.2) is 4.98 Å². The van der Waals surface area contributed by atoms with Gasteiger partial charge in [0.1, 0.15) is 10.3 Å². The third-order valence-corrected chi connectivity index (χ3v) is 5.01. The molecule has 1 aliphatic rings. The van der Waals surface area contributed by atoms with E-state index in [0.29, 0.717) is 0 Å². The Labute approximate surface area is 127 Å². The lowest BCUT2D eigenvalue weighted by atomic mass is 10.3. The average Bonchev–Trinajstić information content (AvgIpc) is 3.16. The first-order valence-corrected chi connectivity index (χ1v) is 8.17. The molecule has 0 bridgehead atoms. The van der Waals surface area contributed by atoms with Crippen LogP contribution in [0, 0.1) is 0 Å². The SMILES string of the molecule is C=CCN1CCN(c2nc3ccsc3n3cccc23)CC1. The van der Waals surface area contributed by atoms with Crippen molar-refractivity contribution in [3.8, 4) is 0 Å². The summed E-state index contributed by atoms with van der Waals surface area (Å²) >= 11 is 1.75. The highest BCUT2D eigenvalue weighted by atomic mass is 32.1. The molecule has 4 nitrogen and oxygen atoms in total. The van der Waals surface area contributed by atoms with Gasteiger partial charge < -0.3 is 9.30 Å². The lowest BCUT2D eigenvalue weighted by molar-refractivity contribution is 0.284. The van der Waals surface area contributed by atoms with Crippen LogP contribution in [0.1, 0.15) is 0 Å². The van der Waals surface area contributed by atoms with Gasteiger partial charge in [-0.15, -0.1) is 17.9 Å². The maximum Gasteiger partial charge on any atom is 0.153 e. The van der Waals surface area contributed by atoms with Gasteiger partial charge in [-0.2, -0.15) is 0 Å². The summed E-state index contributed by atoms with van der Waals surface area (Å²) in [5, 5.41) is 2.11. The number of rotatable bonds is 3. The molecule has 0 atom stereocenters. The summed E-state index contributed by atoms with van der Waals surface area (Å²) in [5.74, 6) is 1.11. The molecule has 1 saturated heterocycles. The van der Waals surface area contributed by atoms with Crippen molar-refractivity contribution in [2.75, 3.05) is 37.6 Å². The van der Waals surface area contributed by atoms with E-state index in [1.165, 1.54) is 10.3 Å². The molecule has 0 spiro atoms. The van der Waals surface area contributed by atoms with Crippen molar-refractivity contribution in [3.05, 3.63) is 42.4 Å². The summed E-state index contributed by atoms with van der Waals surface area (Å²) in [7, 11) is 0. The zero-order valence-electron chi connectivity index (χ0n) is 11.9. The molecule has 4 rings (SSSR count). The van der Waals surface area contributed by atoms with Gasteiger partial charge in [0.2, 0.25) is 0 Å². The van der Waals surface area contributed by atoms with Crippen LogP contribution in [0.25, 0.3) is 15.9 Å². The first kappa shape index (κ1) is 12.9. The van der Waals surface area contributed by atoms with E-state index in [2.05, 4.69) is 50.6 Å². The topological polar surface area (TPSA) is 23.8 Å². The Morgan fingerprint density at radius 2 is 2.10 bits per heavy atom. The monoisotopic (exact) mass is 298 g/mol. The summed E-state index contributed by atoms with van der Waals surface area (Å²) in [6.45, 7) is 9.00. The number of anilines is 1. The van der Waals surface area contributed by atoms with Crippen LogP contribution in [0.2, 0.25) is 0 Å². The summed E-state index contributed by atoms with van der Waals surface area (Å²) in [5.41, 5.74) is 2.30. The van der Waals surface area contributed by atoms with Gasteiger partial charge in [-0.3, -0.25) is 4.90 Å². The third kappa shape index (κ3) is 2.13. The summed E-state index contributed by atoms with van der Waals surface area (Å²) in [4.78, 5) is 11.0. The zero-order valence-corrected chi connectivity index (χ0v) is 12.7. The zero-order chi connectivity index (χ0) is 14.2. The molecule has 1 aliphatic heterocycles. The minimum absolute atomic E-state index is 0.978. The highest BCUT2D eigenvalue weighted by molar-refractivity contribution is 7.16. The number of nitrogens with zero attached hydrogens (tertiary/aromatic N) is 4. The molecule has 0 amide bonds. The highest BCUT2D eigenvalue weighted by Crippen LogP contribution is 2.28. The summed E-state index contributed by atoms with van der Waals surface area (Å²) < 4.78 is 2.26. The molecule has 0 N–H and O–H groups in total. The Hall–Kier alpha value is -1.85. The molecule has 3 aromatic rings. The second kappa shape index (κ2) is 5.16. The van der Waals surface area contributed by atoms with Gasteiger partial charge in [-0.05, 0) is 23.6 Å². The Balaban J connectivity index is 1.72. The van der Waals surface area contributed by atoms with Crippen molar-refractivity contribution >= 4 is 33.0 Å². The van der Waals surface area contributed by atoms with Gasteiger partial charge in [0.05, 0.1) is 5.52 Å². The summed E-state index contributed by atoms with van der Waals surface area (Å²) in [6, 6.07) is 6.38. The van der Waals surface area contributed by atoms with Crippen molar-refractivity contribution in [1.82, 2.24) is 14.3 Å². The first-order valence-electron chi connectivity index (χ1n) is 7.29. The van der Waals surface area contributed by atoms with E-state index in [1.807, 2.05) is 6.08 Å². The normalized spacial score (nSPS) is 16.9. The Kier molecular flexibility index (Phi) is 3.16. The molecule has 21 heavy (non-hydrogen) atoms. The smallest absolute Gasteiger partial charge is 0.153 e. The van der Waals surface area contributed by atoms with Crippen LogP contribution in [0.3, 0.4) is 0 Å². The van der Waals surface area contributed by atoms with Gasteiger partial charge in [0.25, 0.3) is 0 Å². The maximum absolute atomic E-state index is 4.91. The second-order valence-electron chi connectivity index (χ2n) is 5.39. The summed E-state index contributed by atoms with van der Waals surface area (Å²) in [6.07, 6.45) is 4.11. The molecule has 0 aromatic carbocycles. The van der Waals surface area contributed by atoms with Gasteiger partial charge in [0.15, 0.2) is 5.82 Å². The quantitative estimate of drug-likeness (QED) is 0.695. The lowest BCUT2D eigenvalue weighted by Crippen LogP contribution is -2.46. The van der Waals surface area contributed by atoms with E-state index in [1.54, 1.807) is 11.3 Å². The fraction of sp³-hybridized carbons (Fsp3) is 0.312. The van der Waals surface area contributed by atoms with Crippen LogP contribution >= 0.6 is 11.3 Å². The highest BCUT2D eigenvalue weighted by Gasteiger charge is 2.20. The van der Waals surface area contributed by atoms with Crippen LogP contribution in [0.4, 0.5) is 5.82 Å². The van der Waals surface area contributed by atoms with Crippen LogP contribution in [0.5, 0.6) is 0 Å². The maximum atomic E-state index is 4.91. The number of aromatic nitrogens is 2. The fourth-order valence-electron chi connectivity index (χ4n) is 3.03. The van der Waals surface area contributed by atoms with E-state index < -0.39 is 0 Å². The number of hydrogen-bond donors (Lipinski definition) is 0. The third-order valence-electron chi connectivity index (χ3n) is 4.11. The van der Waals surface area contributed by atoms with Crippen molar-refractivity contribution in [1.29, 1.82) is 0 Å². The van der Waals surface area contributed by atoms with Crippen LogP contribution in [0.15, 0.2) is 42.4 Å². The Bertz CT molecular complexity index is 780. The Morgan fingerprint density at radius 1 is 1.24 bits per heavy atom. The molecule has 0 aliphatic carbocycles. The van der Waals surface area contributed by atoms with Gasteiger partial charge in [0, 0.05) is 38.9 Å². The van der Waals surface area contributed by atoms with Gasteiger partial charge >= 0.3 is 0 Å². The molecule has 0 radical (unpaired) electrons. The minimum Gasteiger partial charge on any atom is -0.352 e. The first-order chi connectivity index (χ1) is 10.4. The molecule has 0 saturated carbocycles. The van der Waals surface area contributed by atoms with Gasteiger partial charge in [-0.1, -0.05) is 6.08 Å². The van der Waals surface area contributed by atoms with Crippen molar-refractivity contribution in [3.63, 3.8) is 0 Å². The van der Waals surface area contributed by atoms with Crippen LogP contribution < -0.4 is 4.90 Å². The number of fused-ring (bicyclic) bond motifs is 3. The number of piperazine rings is 1. The fourth-order valence-corrected chi connectivity index (χ4v) is 3.86. The minimum atomic E-state index is 0.978. The standard InChI is InChI=1S/C16H18N4S/c1-2-6-18-8-10-19(11-9-18)15-14-4-3-7-20(14)16-13(17-15)5-12-21-16/h2-5,7,12H,1,6,8-11H2. The molecular formula is C16H18N4S. The predicted molar refractivity (Wildman–Crippen MR) is 89.4 cm³/mol. The van der Waals surface area contributed by atoms with E-state index in [9.17, 15) is 0 Å². The molecular weight excluding hydrogens is 280 g/mol. The van der Waals surface area contributed by atoms with Crippen molar-refractivity contribution in [2.45, 2.75) is 0 Å². The van der Waals surface area contributed by atoms with Crippen molar-refractivity contribution in [2.24, 2.45) is 0 Å². The van der Waals surface area contributed by atoms with Crippen LogP contribution in [-0.4, -0.2) is 47.0 Å². The molecule has 3 aromatic heterocycles. The molecule has 108 valence electrons. The lowest BCUT2D eigenvalue weighted by Gasteiger charge is -2.35. The van der Waals surface area contributed by atoms with E-state index in [4.69, 9.17) is 4.98 Å². The van der Waals surface area contributed by atoms with E-state index in [-0.39, 0.29) is 0 Å². The molecule has 0 unspecified atom stereocenters. The van der Waals surface area contributed by atoms with Crippen LogP contribution in [-0.2, 0) is 0 Å². The predicted octanol–water partition coefficient (Wildman–Crippen LogP) is 2.86. The Morgan fingerprint density at radius 3 is 2.90 bits per heavy atom. The number of hydrogen-bond acceptors (Lipinski definition) is 4. The van der Waals surface area contributed by atoms with Crippen molar-refractivity contribution < 1.29 is 0 Å². The van der Waals surface area contributed by atoms with E-state index >= 15 is 0 Å². The largest absolute Gasteiger partial charge is 0.352 e. The molecule has 5 heteroatoms. The van der Waals surface area contributed by atoms with E-state index in [0.717, 1.165) is 44.1 Å². The number of thiophene rings is 1. The molecule has 4 heterocycles. The average molecular weight is 298 g/mol. The molecule has 1 fully saturated rings.